The van der Waals surface area contributed by atoms with Crippen LogP contribution in [0, 0.1) is 0 Å². The number of amides is 1. The van der Waals surface area contributed by atoms with Crippen molar-refractivity contribution in [1.29, 1.82) is 0 Å². The Balaban J connectivity index is 2.62. The Morgan fingerprint density at radius 1 is 1.54 bits per heavy atom. The fraction of sp³-hybridized carbons (Fsp3) is 0.400. The maximum Gasteiger partial charge on any atom is 0.219 e. The SMILES string of the molecule is CCN(Cc1ccccn1)C(C)=O. The molecule has 0 fully saturated rings. The molecule has 1 heterocycles. The van der Waals surface area contributed by atoms with Crippen LogP contribution < -0.4 is 0 Å². The van der Waals surface area contributed by atoms with E-state index in [-0.39, 0.29) is 5.91 Å². The lowest BCUT2D eigenvalue weighted by molar-refractivity contribution is -0.129. The molecule has 0 bridgehead atoms. The Labute approximate surface area is 78.4 Å². The summed E-state index contributed by atoms with van der Waals surface area (Å²) in [5, 5.41) is 0. The summed E-state index contributed by atoms with van der Waals surface area (Å²) in [7, 11) is 0. The molecule has 0 unspecified atom stereocenters. The van der Waals surface area contributed by atoms with Crippen LogP contribution >= 0.6 is 0 Å². The zero-order valence-corrected chi connectivity index (χ0v) is 8.03. The Morgan fingerprint density at radius 3 is 2.77 bits per heavy atom. The van der Waals surface area contributed by atoms with Crippen LogP contribution in [0.5, 0.6) is 0 Å². The summed E-state index contributed by atoms with van der Waals surface area (Å²) in [6, 6.07) is 5.72. The summed E-state index contributed by atoms with van der Waals surface area (Å²) in [6.07, 6.45) is 1.74. The highest BCUT2D eigenvalue weighted by atomic mass is 16.2. The molecule has 3 nitrogen and oxygen atoms in total. The summed E-state index contributed by atoms with van der Waals surface area (Å²) >= 11 is 0. The minimum absolute atomic E-state index is 0.0909. The molecule has 1 rings (SSSR count). The number of rotatable bonds is 3. The number of nitrogens with zero attached hydrogens (tertiary/aromatic N) is 2. The van der Waals surface area contributed by atoms with Gasteiger partial charge in [0.2, 0.25) is 5.91 Å². The van der Waals surface area contributed by atoms with Crippen molar-refractivity contribution < 1.29 is 4.79 Å². The Kier molecular flexibility index (Phi) is 3.43. The normalized spacial score (nSPS) is 9.69. The fourth-order valence-corrected chi connectivity index (χ4v) is 1.13. The molecule has 0 atom stereocenters. The smallest absolute Gasteiger partial charge is 0.219 e. The zero-order chi connectivity index (χ0) is 9.68. The number of hydrogen-bond acceptors (Lipinski definition) is 2. The Hall–Kier alpha value is -1.38. The molecule has 1 amide bonds. The van der Waals surface area contributed by atoms with Gasteiger partial charge in [-0.25, -0.2) is 0 Å². The highest BCUT2D eigenvalue weighted by Gasteiger charge is 2.06. The Morgan fingerprint density at radius 2 is 2.31 bits per heavy atom. The van der Waals surface area contributed by atoms with Gasteiger partial charge < -0.3 is 4.90 Å². The van der Waals surface area contributed by atoms with E-state index < -0.39 is 0 Å². The molecule has 0 aliphatic rings. The third kappa shape index (κ3) is 2.86. The minimum Gasteiger partial charge on any atom is -0.337 e. The van der Waals surface area contributed by atoms with E-state index in [0.29, 0.717) is 6.54 Å². The first-order valence-electron chi connectivity index (χ1n) is 4.39. The highest BCUT2D eigenvalue weighted by Crippen LogP contribution is 2.00. The summed E-state index contributed by atoms with van der Waals surface area (Å²) in [5.74, 6) is 0.0909. The molecule has 0 aromatic carbocycles. The summed E-state index contributed by atoms with van der Waals surface area (Å²) in [5.41, 5.74) is 0.930. The molecule has 0 N–H and O–H groups in total. The van der Waals surface area contributed by atoms with E-state index in [1.54, 1.807) is 18.0 Å². The average Bonchev–Trinajstić information content (AvgIpc) is 2.15. The topological polar surface area (TPSA) is 33.2 Å². The second kappa shape index (κ2) is 4.60. The van der Waals surface area contributed by atoms with Gasteiger partial charge in [-0.2, -0.15) is 0 Å². The van der Waals surface area contributed by atoms with Crippen molar-refractivity contribution in [1.82, 2.24) is 9.88 Å². The number of aromatic nitrogens is 1. The molecule has 70 valence electrons. The van der Waals surface area contributed by atoms with Crippen molar-refractivity contribution in [3.05, 3.63) is 30.1 Å². The summed E-state index contributed by atoms with van der Waals surface area (Å²) < 4.78 is 0. The largest absolute Gasteiger partial charge is 0.337 e. The van der Waals surface area contributed by atoms with Gasteiger partial charge in [-0.15, -0.1) is 0 Å². The lowest BCUT2D eigenvalue weighted by atomic mass is 10.3. The van der Waals surface area contributed by atoms with Gasteiger partial charge in [-0.05, 0) is 19.1 Å². The number of carbonyl (C=O) groups is 1. The Bertz CT molecular complexity index is 272. The van der Waals surface area contributed by atoms with Crippen molar-refractivity contribution in [3.63, 3.8) is 0 Å². The lowest BCUT2D eigenvalue weighted by Crippen LogP contribution is -2.28. The van der Waals surface area contributed by atoms with Crippen molar-refractivity contribution in [2.75, 3.05) is 6.54 Å². The van der Waals surface area contributed by atoms with Crippen molar-refractivity contribution in [2.24, 2.45) is 0 Å². The quantitative estimate of drug-likeness (QED) is 0.701. The van der Waals surface area contributed by atoms with E-state index >= 15 is 0 Å². The van der Waals surface area contributed by atoms with Crippen LogP contribution in [-0.2, 0) is 11.3 Å². The van der Waals surface area contributed by atoms with Crippen LogP contribution in [0.1, 0.15) is 19.5 Å². The number of pyridine rings is 1. The molecule has 1 aromatic heterocycles. The molecular formula is C10H14N2O. The molecule has 0 aliphatic heterocycles. The van der Waals surface area contributed by atoms with Crippen LogP contribution in [0.25, 0.3) is 0 Å². The number of carbonyl (C=O) groups excluding carboxylic acids is 1. The molecule has 0 saturated carbocycles. The molecule has 1 aromatic rings. The predicted molar refractivity (Wildman–Crippen MR) is 51.0 cm³/mol. The van der Waals surface area contributed by atoms with E-state index in [2.05, 4.69) is 4.98 Å². The van der Waals surface area contributed by atoms with Gasteiger partial charge in [-0.3, -0.25) is 9.78 Å². The first-order valence-corrected chi connectivity index (χ1v) is 4.39. The van der Waals surface area contributed by atoms with Gasteiger partial charge in [-0.1, -0.05) is 6.07 Å². The van der Waals surface area contributed by atoms with Crippen LogP contribution in [0.2, 0.25) is 0 Å². The second-order valence-electron chi connectivity index (χ2n) is 2.85. The maximum absolute atomic E-state index is 11.1. The summed E-state index contributed by atoms with van der Waals surface area (Å²) in [4.78, 5) is 17.0. The second-order valence-corrected chi connectivity index (χ2v) is 2.85. The van der Waals surface area contributed by atoms with Crippen LogP contribution in [-0.4, -0.2) is 22.3 Å². The van der Waals surface area contributed by atoms with Gasteiger partial charge in [0, 0.05) is 19.7 Å². The van der Waals surface area contributed by atoms with E-state index in [9.17, 15) is 4.79 Å². The van der Waals surface area contributed by atoms with E-state index in [1.807, 2.05) is 25.1 Å². The molecular weight excluding hydrogens is 164 g/mol. The van der Waals surface area contributed by atoms with Crippen LogP contribution in [0.4, 0.5) is 0 Å². The van der Waals surface area contributed by atoms with E-state index in [0.717, 1.165) is 12.2 Å². The zero-order valence-electron chi connectivity index (χ0n) is 8.03. The fourth-order valence-electron chi connectivity index (χ4n) is 1.13. The first-order chi connectivity index (χ1) is 6.24. The van der Waals surface area contributed by atoms with Gasteiger partial charge in [0.1, 0.15) is 0 Å². The van der Waals surface area contributed by atoms with Gasteiger partial charge in [0.15, 0.2) is 0 Å². The standard InChI is InChI=1S/C10H14N2O/c1-3-12(9(2)13)8-10-6-4-5-7-11-10/h4-7H,3,8H2,1-2H3. The maximum atomic E-state index is 11.1. The monoisotopic (exact) mass is 178 g/mol. The van der Waals surface area contributed by atoms with Crippen LogP contribution in [0.3, 0.4) is 0 Å². The summed E-state index contributed by atoms with van der Waals surface area (Å²) in [6.45, 7) is 4.87. The van der Waals surface area contributed by atoms with Crippen molar-refractivity contribution in [2.45, 2.75) is 20.4 Å². The highest BCUT2D eigenvalue weighted by molar-refractivity contribution is 5.73. The van der Waals surface area contributed by atoms with Gasteiger partial charge >= 0.3 is 0 Å². The third-order valence-electron chi connectivity index (χ3n) is 1.91. The average molecular weight is 178 g/mol. The first kappa shape index (κ1) is 9.71. The van der Waals surface area contributed by atoms with Gasteiger partial charge in [0.05, 0.1) is 12.2 Å². The van der Waals surface area contributed by atoms with Crippen molar-refractivity contribution >= 4 is 5.91 Å². The third-order valence-corrected chi connectivity index (χ3v) is 1.91. The van der Waals surface area contributed by atoms with Gasteiger partial charge in [0.25, 0.3) is 0 Å². The number of hydrogen-bond donors (Lipinski definition) is 0. The molecule has 13 heavy (non-hydrogen) atoms. The predicted octanol–water partition coefficient (Wildman–Crippen LogP) is 1.45. The molecule has 0 saturated heterocycles. The molecule has 0 aliphatic carbocycles. The molecule has 0 radical (unpaired) electrons. The van der Waals surface area contributed by atoms with E-state index in [4.69, 9.17) is 0 Å². The molecule has 0 spiro atoms. The van der Waals surface area contributed by atoms with Crippen molar-refractivity contribution in [3.8, 4) is 0 Å². The minimum atomic E-state index is 0.0909. The van der Waals surface area contributed by atoms with E-state index in [1.165, 1.54) is 0 Å². The van der Waals surface area contributed by atoms with Crippen LogP contribution in [0.15, 0.2) is 24.4 Å². The lowest BCUT2D eigenvalue weighted by Gasteiger charge is -2.17. The molecule has 3 heteroatoms.